The molecule has 0 fully saturated rings. The number of nitrogens with two attached hydrogens (primary N) is 2. The molecule has 2 heterocycles. The topological polar surface area (TPSA) is 99.0 Å². The molecule has 20 heavy (non-hydrogen) atoms. The Labute approximate surface area is 116 Å². The van der Waals surface area contributed by atoms with Gasteiger partial charge in [0.25, 0.3) is 5.91 Å². The van der Waals surface area contributed by atoms with Gasteiger partial charge in [-0.05, 0) is 30.5 Å². The third-order valence-corrected chi connectivity index (χ3v) is 3.75. The molecule has 6 heteroatoms. The molecule has 2 aromatic rings. The van der Waals surface area contributed by atoms with Crippen LogP contribution in [0.1, 0.15) is 33.9 Å². The average molecular weight is 271 g/mol. The Hall–Kier alpha value is -2.50. The van der Waals surface area contributed by atoms with Gasteiger partial charge in [-0.15, -0.1) is 0 Å². The maximum Gasteiger partial charge on any atom is 0.254 e. The van der Waals surface area contributed by atoms with Crippen molar-refractivity contribution in [3.8, 4) is 0 Å². The molecule has 1 amide bonds. The van der Waals surface area contributed by atoms with Crippen LogP contribution in [0.2, 0.25) is 0 Å². The van der Waals surface area contributed by atoms with E-state index >= 15 is 0 Å². The van der Waals surface area contributed by atoms with Crippen molar-refractivity contribution in [3.05, 3.63) is 41.1 Å². The minimum Gasteiger partial charge on any atom is -0.399 e. The van der Waals surface area contributed by atoms with E-state index in [4.69, 9.17) is 11.5 Å². The predicted molar refractivity (Wildman–Crippen MR) is 77.6 cm³/mol. The van der Waals surface area contributed by atoms with Crippen molar-refractivity contribution in [2.24, 2.45) is 5.73 Å². The Balaban J connectivity index is 2.05. The first-order valence-electron chi connectivity index (χ1n) is 6.55. The molecule has 0 bridgehead atoms. The Kier molecular flexibility index (Phi) is 2.85. The molecule has 1 aliphatic heterocycles. The first kappa shape index (κ1) is 12.5. The third kappa shape index (κ3) is 1.89. The Morgan fingerprint density at radius 1 is 1.50 bits per heavy atom. The van der Waals surface area contributed by atoms with E-state index in [-0.39, 0.29) is 6.04 Å². The lowest BCUT2D eigenvalue weighted by atomic mass is 10.00. The largest absolute Gasteiger partial charge is 0.399 e. The van der Waals surface area contributed by atoms with Crippen LogP contribution in [0.15, 0.2) is 24.4 Å². The summed E-state index contributed by atoms with van der Waals surface area (Å²) in [6.45, 7) is 2.75. The van der Waals surface area contributed by atoms with Gasteiger partial charge in [-0.1, -0.05) is 12.1 Å². The van der Waals surface area contributed by atoms with Gasteiger partial charge in [0.15, 0.2) is 0 Å². The van der Waals surface area contributed by atoms with Gasteiger partial charge >= 0.3 is 0 Å². The number of carbonyl (C=O) groups is 1. The van der Waals surface area contributed by atoms with Crippen LogP contribution >= 0.6 is 0 Å². The zero-order valence-electron chi connectivity index (χ0n) is 11.3. The molecule has 0 radical (unpaired) electrons. The van der Waals surface area contributed by atoms with Crippen LogP contribution in [0.5, 0.6) is 0 Å². The monoisotopic (exact) mass is 271 g/mol. The number of amides is 1. The normalized spacial score (nSPS) is 17.4. The third-order valence-electron chi connectivity index (χ3n) is 3.75. The number of aryl methyl sites for hydroxylation is 1. The highest BCUT2D eigenvalue weighted by Gasteiger charge is 2.26. The molecule has 5 N–H and O–H groups in total. The summed E-state index contributed by atoms with van der Waals surface area (Å²) in [6.07, 6.45) is 2.40. The molecule has 1 unspecified atom stereocenters. The fourth-order valence-corrected chi connectivity index (χ4v) is 2.58. The first-order valence-corrected chi connectivity index (χ1v) is 6.55. The van der Waals surface area contributed by atoms with Gasteiger partial charge in [0, 0.05) is 12.2 Å². The number of benzene rings is 1. The molecule has 1 aromatic carbocycles. The van der Waals surface area contributed by atoms with Crippen molar-refractivity contribution in [1.29, 1.82) is 0 Å². The van der Waals surface area contributed by atoms with Crippen LogP contribution in [-0.4, -0.2) is 22.2 Å². The summed E-state index contributed by atoms with van der Waals surface area (Å²) in [7, 11) is 0. The van der Waals surface area contributed by atoms with Gasteiger partial charge in [-0.25, -0.2) is 4.68 Å². The summed E-state index contributed by atoms with van der Waals surface area (Å²) in [5.74, 6) is 0.218. The van der Waals surface area contributed by atoms with Crippen LogP contribution in [0.4, 0.5) is 11.5 Å². The van der Waals surface area contributed by atoms with Crippen LogP contribution in [0, 0.1) is 6.92 Å². The average Bonchev–Trinajstić information content (AvgIpc) is 2.86. The number of anilines is 2. The lowest BCUT2D eigenvalue weighted by molar-refractivity contribution is 0.100. The highest BCUT2D eigenvalue weighted by atomic mass is 16.1. The number of nitrogens with one attached hydrogen (secondary N) is 1. The molecular weight excluding hydrogens is 254 g/mol. The number of primary amides is 1. The second kappa shape index (κ2) is 4.56. The van der Waals surface area contributed by atoms with E-state index in [0.717, 1.165) is 29.8 Å². The summed E-state index contributed by atoms with van der Waals surface area (Å²) in [6, 6.07) is 6.10. The van der Waals surface area contributed by atoms with Crippen LogP contribution in [-0.2, 0) is 0 Å². The van der Waals surface area contributed by atoms with Crippen LogP contribution < -0.4 is 16.8 Å². The number of hydrogen-bond acceptors (Lipinski definition) is 4. The molecule has 0 spiro atoms. The molecule has 0 saturated heterocycles. The Morgan fingerprint density at radius 3 is 3.00 bits per heavy atom. The number of aromatic nitrogens is 2. The zero-order valence-corrected chi connectivity index (χ0v) is 11.3. The zero-order chi connectivity index (χ0) is 14.3. The van der Waals surface area contributed by atoms with Crippen molar-refractivity contribution in [3.63, 3.8) is 0 Å². The summed E-state index contributed by atoms with van der Waals surface area (Å²) in [5, 5.41) is 7.49. The smallest absolute Gasteiger partial charge is 0.254 e. The quantitative estimate of drug-likeness (QED) is 0.716. The standard InChI is InChI=1S/C14H17N5O/c1-8-2-3-9(6-11(8)15)12-4-5-17-14-10(13(16)20)7-18-19(12)14/h2-3,6-7,12,17H,4-5,15H2,1H3,(H2,16,20). The van der Waals surface area contributed by atoms with Crippen molar-refractivity contribution in [1.82, 2.24) is 9.78 Å². The molecular formula is C14H17N5O. The first-order chi connectivity index (χ1) is 9.58. The second-order valence-electron chi connectivity index (χ2n) is 5.06. The van der Waals surface area contributed by atoms with Gasteiger partial charge in [-0.3, -0.25) is 4.79 Å². The van der Waals surface area contributed by atoms with E-state index in [1.54, 1.807) is 0 Å². The van der Waals surface area contributed by atoms with E-state index in [0.29, 0.717) is 11.4 Å². The summed E-state index contributed by atoms with van der Waals surface area (Å²) in [5.41, 5.74) is 14.7. The molecule has 1 atom stereocenters. The van der Waals surface area contributed by atoms with Crippen molar-refractivity contribution in [2.45, 2.75) is 19.4 Å². The fraction of sp³-hybridized carbons (Fsp3) is 0.286. The highest BCUT2D eigenvalue weighted by Crippen LogP contribution is 2.32. The summed E-state index contributed by atoms with van der Waals surface area (Å²) in [4.78, 5) is 11.4. The number of nitrogen functional groups attached to an aromatic ring is 1. The highest BCUT2D eigenvalue weighted by molar-refractivity contribution is 5.97. The molecule has 1 aromatic heterocycles. The van der Waals surface area contributed by atoms with E-state index in [2.05, 4.69) is 16.5 Å². The Morgan fingerprint density at radius 2 is 2.30 bits per heavy atom. The summed E-state index contributed by atoms with van der Waals surface area (Å²) >= 11 is 0. The Bertz CT molecular complexity index is 676. The minimum absolute atomic E-state index is 0.0715. The van der Waals surface area contributed by atoms with E-state index in [1.807, 2.05) is 23.7 Å². The molecule has 0 aliphatic carbocycles. The van der Waals surface area contributed by atoms with E-state index < -0.39 is 5.91 Å². The van der Waals surface area contributed by atoms with Crippen molar-refractivity contribution < 1.29 is 4.79 Å². The molecule has 3 rings (SSSR count). The number of rotatable bonds is 2. The van der Waals surface area contributed by atoms with Crippen molar-refractivity contribution >= 4 is 17.4 Å². The maximum absolute atomic E-state index is 11.4. The van der Waals surface area contributed by atoms with Gasteiger partial charge in [0.05, 0.1) is 12.2 Å². The van der Waals surface area contributed by atoms with Gasteiger partial charge in [-0.2, -0.15) is 5.10 Å². The number of fused-ring (bicyclic) bond motifs is 1. The van der Waals surface area contributed by atoms with Gasteiger partial charge in [0.2, 0.25) is 0 Å². The SMILES string of the molecule is Cc1ccc(C2CCNc3c(C(N)=O)cnn32)cc1N. The van der Waals surface area contributed by atoms with Crippen molar-refractivity contribution in [2.75, 3.05) is 17.6 Å². The van der Waals surface area contributed by atoms with Crippen LogP contribution in [0.25, 0.3) is 0 Å². The molecule has 0 saturated carbocycles. The van der Waals surface area contributed by atoms with Crippen LogP contribution in [0.3, 0.4) is 0 Å². The number of carbonyl (C=O) groups excluding carboxylic acids is 1. The summed E-state index contributed by atoms with van der Waals surface area (Å²) < 4.78 is 1.81. The van der Waals surface area contributed by atoms with E-state index in [9.17, 15) is 4.79 Å². The second-order valence-corrected chi connectivity index (χ2v) is 5.06. The van der Waals surface area contributed by atoms with Gasteiger partial charge < -0.3 is 16.8 Å². The molecule has 104 valence electrons. The lowest BCUT2D eigenvalue weighted by Gasteiger charge is -2.26. The lowest BCUT2D eigenvalue weighted by Crippen LogP contribution is -2.26. The maximum atomic E-state index is 11.4. The number of nitrogens with zero attached hydrogens (tertiary/aromatic N) is 2. The number of hydrogen-bond donors (Lipinski definition) is 3. The molecule has 1 aliphatic rings. The molecule has 6 nitrogen and oxygen atoms in total. The van der Waals surface area contributed by atoms with E-state index in [1.165, 1.54) is 6.20 Å². The van der Waals surface area contributed by atoms with Gasteiger partial charge in [0.1, 0.15) is 11.4 Å². The predicted octanol–water partition coefficient (Wildman–Crippen LogP) is 1.28. The fourth-order valence-electron chi connectivity index (χ4n) is 2.58. The minimum atomic E-state index is -0.470.